The molecule has 1 aliphatic heterocycles. The van der Waals surface area contributed by atoms with Crippen LogP contribution in [0.1, 0.15) is 66.7 Å². The summed E-state index contributed by atoms with van der Waals surface area (Å²) in [7, 11) is 0. The highest BCUT2D eigenvalue weighted by Crippen LogP contribution is 2.32. The van der Waals surface area contributed by atoms with Crippen LogP contribution in [-0.2, 0) is 6.18 Å². The van der Waals surface area contributed by atoms with Crippen molar-refractivity contribution < 1.29 is 18.0 Å². The molecule has 2 fully saturated rings. The number of aromatic nitrogens is 4. The summed E-state index contributed by atoms with van der Waals surface area (Å²) in [6.07, 6.45) is 2.33. The van der Waals surface area contributed by atoms with E-state index in [0.29, 0.717) is 30.5 Å². The molecule has 1 atom stereocenters. The summed E-state index contributed by atoms with van der Waals surface area (Å²) >= 11 is 0. The first kappa shape index (κ1) is 20.8. The monoisotopic (exact) mass is 447 g/mol. The molecule has 1 saturated carbocycles. The van der Waals surface area contributed by atoms with E-state index in [1.807, 2.05) is 6.07 Å². The van der Waals surface area contributed by atoms with Crippen LogP contribution in [0.15, 0.2) is 35.3 Å². The third-order valence-corrected chi connectivity index (χ3v) is 6.61. The molecule has 10 heteroatoms. The molecule has 0 spiro atoms. The number of benzene rings is 1. The molecule has 3 aromatic rings. The standard InChI is InChI=1S/C22H24F3N5O2/c23-22(24,25)19-9-11-29(27-19)16-6-3-10-28(13-16)20(31)14-7-8-18-17(12-14)26-21(32)30(18)15-4-1-2-5-15/h7-9,11-12,15-16H,1-6,10,13H2,(H,26,32). The third-order valence-electron chi connectivity index (χ3n) is 6.61. The van der Waals surface area contributed by atoms with Gasteiger partial charge in [0.15, 0.2) is 5.69 Å². The molecule has 0 bridgehead atoms. The van der Waals surface area contributed by atoms with E-state index in [0.717, 1.165) is 37.3 Å². The van der Waals surface area contributed by atoms with E-state index < -0.39 is 11.9 Å². The molecule has 1 amide bonds. The molecular weight excluding hydrogens is 423 g/mol. The predicted octanol–water partition coefficient (Wildman–Crippen LogP) is 4.14. The van der Waals surface area contributed by atoms with Crippen LogP contribution in [0.3, 0.4) is 0 Å². The molecule has 1 saturated heterocycles. The van der Waals surface area contributed by atoms with Gasteiger partial charge in [-0.25, -0.2) is 4.79 Å². The molecule has 5 rings (SSSR count). The van der Waals surface area contributed by atoms with E-state index in [-0.39, 0.29) is 30.2 Å². The number of nitrogens with zero attached hydrogens (tertiary/aromatic N) is 4. The molecule has 170 valence electrons. The lowest BCUT2D eigenvalue weighted by atomic mass is 10.0. The van der Waals surface area contributed by atoms with Crippen molar-refractivity contribution in [3.05, 3.63) is 52.2 Å². The van der Waals surface area contributed by atoms with Crippen molar-refractivity contribution in [3.8, 4) is 0 Å². The molecule has 32 heavy (non-hydrogen) atoms. The number of H-pyrrole nitrogens is 1. The zero-order valence-electron chi connectivity index (χ0n) is 17.4. The van der Waals surface area contributed by atoms with Crippen molar-refractivity contribution in [2.45, 2.75) is 56.8 Å². The fraction of sp³-hybridized carbons (Fsp3) is 0.500. The average Bonchev–Trinajstić information content (AvgIpc) is 3.51. The van der Waals surface area contributed by atoms with Gasteiger partial charge in [-0.3, -0.25) is 14.0 Å². The van der Waals surface area contributed by atoms with Crippen LogP contribution in [0.4, 0.5) is 13.2 Å². The molecule has 1 aliphatic carbocycles. The molecule has 1 unspecified atom stereocenters. The first-order chi connectivity index (χ1) is 15.3. The Morgan fingerprint density at radius 3 is 2.53 bits per heavy atom. The van der Waals surface area contributed by atoms with Gasteiger partial charge in [0.2, 0.25) is 0 Å². The summed E-state index contributed by atoms with van der Waals surface area (Å²) < 4.78 is 41.8. The van der Waals surface area contributed by atoms with Gasteiger partial charge in [0, 0.05) is 30.9 Å². The van der Waals surface area contributed by atoms with Crippen molar-refractivity contribution in [3.63, 3.8) is 0 Å². The Morgan fingerprint density at radius 1 is 1.06 bits per heavy atom. The summed E-state index contributed by atoms with van der Waals surface area (Å²) in [4.78, 5) is 30.2. The van der Waals surface area contributed by atoms with Crippen LogP contribution in [-0.4, -0.2) is 43.2 Å². The maximum Gasteiger partial charge on any atom is 0.435 e. The SMILES string of the molecule is O=C(c1ccc2c(c1)[nH]c(=O)n2C1CCCC1)N1CCCC(n2ccc(C(F)(F)F)n2)C1. The molecule has 0 radical (unpaired) electrons. The summed E-state index contributed by atoms with van der Waals surface area (Å²) in [6.45, 7) is 0.815. The number of piperidine rings is 1. The van der Waals surface area contributed by atoms with Crippen LogP contribution in [0.25, 0.3) is 11.0 Å². The van der Waals surface area contributed by atoms with E-state index in [1.54, 1.807) is 21.6 Å². The second kappa shape index (κ2) is 7.83. The van der Waals surface area contributed by atoms with Gasteiger partial charge >= 0.3 is 11.9 Å². The number of fused-ring (bicyclic) bond motifs is 1. The Kier molecular flexibility index (Phi) is 5.10. The topological polar surface area (TPSA) is 75.9 Å². The Labute approximate surface area is 181 Å². The van der Waals surface area contributed by atoms with E-state index in [4.69, 9.17) is 0 Å². The maximum absolute atomic E-state index is 13.2. The normalized spacial score (nSPS) is 20.3. The van der Waals surface area contributed by atoms with E-state index in [1.165, 1.54) is 10.9 Å². The first-order valence-corrected chi connectivity index (χ1v) is 11.0. The number of alkyl halides is 3. The number of likely N-dealkylation sites (tertiary alicyclic amines) is 1. The number of imidazole rings is 1. The van der Waals surface area contributed by atoms with Gasteiger partial charge in [0.1, 0.15) is 0 Å². The van der Waals surface area contributed by atoms with Crippen LogP contribution in [0, 0.1) is 0 Å². The number of carbonyl (C=O) groups is 1. The zero-order valence-corrected chi connectivity index (χ0v) is 17.4. The van der Waals surface area contributed by atoms with Crippen molar-refractivity contribution in [1.82, 2.24) is 24.2 Å². The van der Waals surface area contributed by atoms with Crippen LogP contribution in [0.2, 0.25) is 0 Å². The minimum absolute atomic E-state index is 0.159. The Hall–Kier alpha value is -3.04. The van der Waals surface area contributed by atoms with Gasteiger partial charge in [0.05, 0.1) is 17.1 Å². The van der Waals surface area contributed by atoms with Gasteiger partial charge in [-0.1, -0.05) is 12.8 Å². The predicted molar refractivity (Wildman–Crippen MR) is 111 cm³/mol. The second-order valence-electron chi connectivity index (χ2n) is 8.70. The van der Waals surface area contributed by atoms with Crippen LogP contribution in [0.5, 0.6) is 0 Å². The summed E-state index contributed by atoms with van der Waals surface area (Å²) in [6, 6.07) is 6.07. The number of rotatable bonds is 3. The minimum atomic E-state index is -4.49. The van der Waals surface area contributed by atoms with Crippen molar-refractivity contribution in [1.29, 1.82) is 0 Å². The molecule has 1 aromatic carbocycles. The lowest BCUT2D eigenvalue weighted by molar-refractivity contribution is -0.141. The molecule has 2 aromatic heterocycles. The van der Waals surface area contributed by atoms with Gasteiger partial charge < -0.3 is 9.88 Å². The highest BCUT2D eigenvalue weighted by Gasteiger charge is 2.35. The van der Waals surface area contributed by atoms with Crippen LogP contribution < -0.4 is 5.69 Å². The summed E-state index contributed by atoms with van der Waals surface area (Å²) in [5, 5.41) is 3.67. The van der Waals surface area contributed by atoms with Gasteiger partial charge in [-0.2, -0.15) is 18.3 Å². The average molecular weight is 447 g/mol. The van der Waals surface area contributed by atoms with Crippen molar-refractivity contribution in [2.75, 3.05) is 13.1 Å². The van der Waals surface area contributed by atoms with Gasteiger partial charge in [-0.15, -0.1) is 0 Å². The van der Waals surface area contributed by atoms with Crippen molar-refractivity contribution >= 4 is 16.9 Å². The highest BCUT2D eigenvalue weighted by atomic mass is 19.4. The summed E-state index contributed by atoms with van der Waals surface area (Å²) in [5.41, 5.74) is 0.791. The smallest absolute Gasteiger partial charge is 0.337 e. The van der Waals surface area contributed by atoms with Gasteiger partial charge in [0.25, 0.3) is 5.91 Å². The van der Waals surface area contributed by atoms with Gasteiger partial charge in [-0.05, 0) is 49.9 Å². The van der Waals surface area contributed by atoms with E-state index in [2.05, 4.69) is 10.1 Å². The zero-order chi connectivity index (χ0) is 22.5. The fourth-order valence-electron chi connectivity index (χ4n) is 5.02. The van der Waals surface area contributed by atoms with Crippen LogP contribution >= 0.6 is 0 Å². The number of hydrogen-bond donors (Lipinski definition) is 1. The van der Waals surface area contributed by atoms with E-state index >= 15 is 0 Å². The maximum atomic E-state index is 13.2. The number of amides is 1. The molecule has 3 heterocycles. The van der Waals surface area contributed by atoms with E-state index in [9.17, 15) is 22.8 Å². The minimum Gasteiger partial charge on any atom is -0.337 e. The number of aromatic amines is 1. The Bertz CT molecular complexity index is 1200. The largest absolute Gasteiger partial charge is 0.435 e. The Balaban J connectivity index is 1.36. The quantitative estimate of drug-likeness (QED) is 0.656. The molecular formula is C22H24F3N5O2. The first-order valence-electron chi connectivity index (χ1n) is 11.0. The molecule has 2 aliphatic rings. The summed E-state index contributed by atoms with van der Waals surface area (Å²) in [5.74, 6) is -0.200. The number of hydrogen-bond acceptors (Lipinski definition) is 3. The number of halogens is 3. The number of carbonyl (C=O) groups excluding carboxylic acids is 1. The highest BCUT2D eigenvalue weighted by molar-refractivity contribution is 5.97. The second-order valence-corrected chi connectivity index (χ2v) is 8.70. The lowest BCUT2D eigenvalue weighted by Gasteiger charge is -2.33. The van der Waals surface area contributed by atoms with Crippen molar-refractivity contribution in [2.24, 2.45) is 0 Å². The third kappa shape index (κ3) is 3.71. The fourth-order valence-corrected chi connectivity index (χ4v) is 5.02. The lowest BCUT2D eigenvalue weighted by Crippen LogP contribution is -2.40. The Morgan fingerprint density at radius 2 is 1.81 bits per heavy atom. The number of nitrogens with one attached hydrogen (secondary N) is 1. The molecule has 7 nitrogen and oxygen atoms in total. The molecule has 1 N–H and O–H groups in total.